The Hall–Kier alpha value is -2.25. The van der Waals surface area contributed by atoms with Gasteiger partial charge in [0, 0.05) is 26.2 Å². The highest BCUT2D eigenvalue weighted by atomic mass is 16.5. The number of anilines is 1. The van der Waals surface area contributed by atoms with Gasteiger partial charge in [0.2, 0.25) is 0 Å². The average molecular weight is 291 g/mol. The van der Waals surface area contributed by atoms with Crippen molar-refractivity contribution in [1.82, 2.24) is 10.2 Å². The maximum Gasteiger partial charge on any atom is 0.358 e. The molecule has 0 radical (unpaired) electrons. The predicted molar refractivity (Wildman–Crippen MR) is 77.7 cm³/mol. The number of fused-ring (bicyclic) bond motifs is 1. The van der Waals surface area contributed by atoms with Crippen LogP contribution in [0.2, 0.25) is 0 Å². The molecule has 0 saturated carbocycles. The second kappa shape index (κ2) is 6.96. The van der Waals surface area contributed by atoms with Gasteiger partial charge < -0.3 is 19.9 Å². The van der Waals surface area contributed by atoms with Gasteiger partial charge in [-0.25, -0.2) is 4.79 Å². The normalized spacial score (nSPS) is 12.3. The third-order valence-corrected chi connectivity index (χ3v) is 3.06. The molecule has 0 aliphatic rings. The van der Waals surface area contributed by atoms with Crippen molar-refractivity contribution in [2.75, 3.05) is 32.7 Å². The number of rotatable bonds is 7. The quantitative estimate of drug-likeness (QED) is 0.796. The lowest BCUT2D eigenvalue weighted by Crippen LogP contribution is -2.27. The fraction of sp³-hybridized carbons (Fsp3) is 0.357. The Morgan fingerprint density at radius 1 is 1.33 bits per heavy atom. The number of carbonyl (C=O) groups is 1. The molecule has 0 fully saturated rings. The maximum absolute atomic E-state index is 11.3. The van der Waals surface area contributed by atoms with Gasteiger partial charge in [0.25, 0.3) is 0 Å². The molecule has 1 unspecified atom stereocenters. The largest absolute Gasteiger partial charge is 0.476 e. The number of nitrogens with one attached hydrogen (secondary N) is 1. The van der Waals surface area contributed by atoms with Gasteiger partial charge in [0.05, 0.1) is 23.9 Å². The van der Waals surface area contributed by atoms with Crippen LogP contribution < -0.4 is 5.32 Å². The molecule has 2 aromatic rings. The van der Waals surface area contributed by atoms with E-state index in [0.717, 1.165) is 0 Å². The molecule has 0 bridgehead atoms. The first kappa shape index (κ1) is 15.1. The first-order chi connectivity index (χ1) is 10.2. The van der Waals surface area contributed by atoms with E-state index in [1.807, 2.05) is 12.1 Å². The van der Waals surface area contributed by atoms with E-state index in [4.69, 9.17) is 9.47 Å². The average Bonchev–Trinajstić information content (AvgIpc) is 2.50. The first-order valence-corrected chi connectivity index (χ1v) is 6.41. The van der Waals surface area contributed by atoms with Crippen molar-refractivity contribution in [2.45, 2.75) is 6.10 Å². The van der Waals surface area contributed by atoms with Crippen molar-refractivity contribution in [2.24, 2.45) is 0 Å². The molecule has 1 aromatic carbocycles. The maximum atomic E-state index is 11.3. The van der Waals surface area contributed by atoms with Gasteiger partial charge in [-0.15, -0.1) is 10.2 Å². The smallest absolute Gasteiger partial charge is 0.358 e. The van der Waals surface area contributed by atoms with Crippen LogP contribution >= 0.6 is 0 Å². The molecule has 112 valence electrons. The van der Waals surface area contributed by atoms with E-state index in [-0.39, 0.29) is 11.8 Å². The van der Waals surface area contributed by atoms with Crippen LogP contribution in [0.3, 0.4) is 0 Å². The van der Waals surface area contributed by atoms with E-state index in [1.165, 1.54) is 0 Å². The summed E-state index contributed by atoms with van der Waals surface area (Å²) in [4.78, 5) is 11.3. The summed E-state index contributed by atoms with van der Waals surface area (Å²) in [5.41, 5.74) is 0.956. The number of hydrogen-bond donors (Lipinski definition) is 2. The van der Waals surface area contributed by atoms with E-state index < -0.39 is 5.97 Å². The summed E-state index contributed by atoms with van der Waals surface area (Å²) < 4.78 is 10.3. The summed E-state index contributed by atoms with van der Waals surface area (Å²) in [7, 11) is 3.16. The highest BCUT2D eigenvalue weighted by molar-refractivity contribution is 6.02. The van der Waals surface area contributed by atoms with E-state index in [1.54, 1.807) is 26.4 Å². The monoisotopic (exact) mass is 291 g/mol. The lowest BCUT2D eigenvalue weighted by Gasteiger charge is -2.17. The highest BCUT2D eigenvalue weighted by Gasteiger charge is 2.17. The number of ether oxygens (including phenoxy) is 2. The zero-order chi connectivity index (χ0) is 15.2. The summed E-state index contributed by atoms with van der Waals surface area (Å²) >= 11 is 0. The lowest BCUT2D eigenvalue weighted by molar-refractivity contribution is 0.0365. The summed E-state index contributed by atoms with van der Waals surface area (Å²) in [6.45, 7) is 0.808. The van der Waals surface area contributed by atoms with Crippen LogP contribution in [0.5, 0.6) is 0 Å². The topological polar surface area (TPSA) is 93.6 Å². The number of aromatic carboxylic acids is 1. The van der Waals surface area contributed by atoms with Crippen LogP contribution in [0, 0.1) is 0 Å². The highest BCUT2D eigenvalue weighted by Crippen LogP contribution is 2.24. The fourth-order valence-corrected chi connectivity index (χ4v) is 1.99. The third-order valence-electron chi connectivity index (χ3n) is 3.06. The molecule has 0 amide bonds. The molecular formula is C14H17N3O4. The van der Waals surface area contributed by atoms with Crippen molar-refractivity contribution < 1.29 is 19.4 Å². The Bertz CT molecular complexity index is 633. The zero-order valence-electron chi connectivity index (χ0n) is 11.9. The van der Waals surface area contributed by atoms with E-state index in [0.29, 0.717) is 29.7 Å². The van der Waals surface area contributed by atoms with Crippen LogP contribution in [0.4, 0.5) is 5.69 Å². The Morgan fingerprint density at radius 2 is 2.10 bits per heavy atom. The molecule has 0 spiro atoms. The molecule has 1 atom stereocenters. The van der Waals surface area contributed by atoms with Crippen LogP contribution in [0.1, 0.15) is 10.5 Å². The fourth-order valence-electron chi connectivity index (χ4n) is 1.99. The Balaban J connectivity index is 2.35. The lowest BCUT2D eigenvalue weighted by atomic mass is 10.1. The van der Waals surface area contributed by atoms with Gasteiger partial charge in [-0.05, 0) is 6.07 Å². The summed E-state index contributed by atoms with van der Waals surface area (Å²) in [6, 6.07) is 7.23. The first-order valence-electron chi connectivity index (χ1n) is 6.41. The van der Waals surface area contributed by atoms with Gasteiger partial charge in [-0.3, -0.25) is 0 Å². The Morgan fingerprint density at radius 3 is 2.76 bits per heavy atom. The molecule has 21 heavy (non-hydrogen) atoms. The second-order valence-corrected chi connectivity index (χ2v) is 4.44. The standard InChI is InChI=1S/C14H17N3O4/c1-20-8-9(21-2)7-15-12-10-5-3-4-6-11(10)16-17-13(12)14(18)19/h3-6,9H,7-8H2,1-2H3,(H,15,16)(H,18,19). The molecule has 1 heterocycles. The second-order valence-electron chi connectivity index (χ2n) is 4.44. The van der Waals surface area contributed by atoms with E-state index >= 15 is 0 Å². The number of nitrogens with zero attached hydrogens (tertiary/aromatic N) is 2. The molecule has 0 aliphatic heterocycles. The van der Waals surface area contributed by atoms with Crippen LogP contribution in [0.15, 0.2) is 24.3 Å². The number of carboxylic acids is 1. The number of hydrogen-bond acceptors (Lipinski definition) is 6. The van der Waals surface area contributed by atoms with Gasteiger partial charge in [0.15, 0.2) is 5.69 Å². The van der Waals surface area contributed by atoms with Crippen molar-refractivity contribution >= 4 is 22.6 Å². The van der Waals surface area contributed by atoms with Crippen molar-refractivity contribution in [3.63, 3.8) is 0 Å². The summed E-state index contributed by atoms with van der Waals surface area (Å²) in [5.74, 6) is -1.13. The van der Waals surface area contributed by atoms with Gasteiger partial charge in [0.1, 0.15) is 0 Å². The van der Waals surface area contributed by atoms with Crippen molar-refractivity contribution in [3.8, 4) is 0 Å². The van der Waals surface area contributed by atoms with Gasteiger partial charge in [-0.1, -0.05) is 18.2 Å². The molecule has 2 N–H and O–H groups in total. The number of methoxy groups -OCH3 is 2. The SMILES string of the molecule is COCC(CNc1c(C(=O)O)nnc2ccccc12)OC. The molecule has 1 aromatic heterocycles. The Kier molecular flexibility index (Phi) is 5.02. The molecular weight excluding hydrogens is 274 g/mol. The van der Waals surface area contributed by atoms with Gasteiger partial charge >= 0.3 is 5.97 Å². The molecule has 0 aliphatic carbocycles. The minimum absolute atomic E-state index is 0.110. The van der Waals surface area contributed by atoms with Crippen molar-refractivity contribution in [3.05, 3.63) is 30.0 Å². The summed E-state index contributed by atoms with van der Waals surface area (Å²) in [5, 5.41) is 20.7. The van der Waals surface area contributed by atoms with Crippen LogP contribution in [-0.4, -0.2) is 54.7 Å². The van der Waals surface area contributed by atoms with Crippen molar-refractivity contribution in [1.29, 1.82) is 0 Å². The van der Waals surface area contributed by atoms with Crippen LogP contribution in [-0.2, 0) is 9.47 Å². The zero-order valence-corrected chi connectivity index (χ0v) is 11.9. The van der Waals surface area contributed by atoms with Gasteiger partial charge in [-0.2, -0.15) is 0 Å². The Labute approximate surface area is 121 Å². The minimum Gasteiger partial charge on any atom is -0.476 e. The number of benzene rings is 1. The molecule has 0 saturated heterocycles. The number of carboxylic acid groups (broad SMARTS) is 1. The summed E-state index contributed by atoms with van der Waals surface area (Å²) in [6.07, 6.45) is -0.191. The van der Waals surface area contributed by atoms with Crippen LogP contribution in [0.25, 0.3) is 10.9 Å². The van der Waals surface area contributed by atoms with E-state index in [9.17, 15) is 9.90 Å². The molecule has 7 nitrogen and oxygen atoms in total. The minimum atomic E-state index is -1.13. The number of aromatic nitrogens is 2. The van der Waals surface area contributed by atoms with E-state index in [2.05, 4.69) is 15.5 Å². The third kappa shape index (κ3) is 3.45. The predicted octanol–water partition coefficient (Wildman–Crippen LogP) is 1.40. The molecule has 7 heteroatoms. The molecule has 2 rings (SSSR count).